The average molecular weight is 940 g/mol. The first kappa shape index (κ1) is 56.3. The average Bonchev–Trinajstić information content (AvgIpc) is 3.98. The molecule has 3 aliphatic rings. The van der Waals surface area contributed by atoms with Crippen molar-refractivity contribution >= 4 is 70.1 Å². The van der Waals surface area contributed by atoms with Crippen molar-refractivity contribution in [1.82, 2.24) is 43.8 Å². The molecule has 11 N–H and O–H groups in total. The van der Waals surface area contributed by atoms with Gasteiger partial charge < -0.3 is 47.7 Å². The largest absolute Gasteiger partial charge is 1.00 e. The fraction of sp³-hybridized carbons (Fsp3) is 0.488. The third kappa shape index (κ3) is 14.9. The van der Waals surface area contributed by atoms with Gasteiger partial charge in [-0.3, -0.25) is 9.59 Å². The number of aliphatic hydroxyl groups is 3. The van der Waals surface area contributed by atoms with Crippen LogP contribution in [0, 0.1) is 0 Å². The van der Waals surface area contributed by atoms with Gasteiger partial charge in [0.15, 0.2) is 28.5 Å². The minimum atomic E-state index is -1.05. The number of hydrogen-bond donors (Lipinski definition) is 7. The van der Waals surface area contributed by atoms with E-state index in [1.807, 2.05) is 6.07 Å². The van der Waals surface area contributed by atoms with Gasteiger partial charge in [-0.05, 0) is 70.6 Å². The van der Waals surface area contributed by atoms with Gasteiger partial charge in [-0.1, -0.05) is 50.1 Å². The van der Waals surface area contributed by atoms with Crippen molar-refractivity contribution in [3.05, 3.63) is 77.2 Å². The number of nitrogens with one attached hydrogen (secondary N) is 2. The van der Waals surface area contributed by atoms with Gasteiger partial charge in [0.1, 0.15) is 22.4 Å². The fourth-order valence-corrected chi connectivity index (χ4v) is 7.61. The summed E-state index contributed by atoms with van der Waals surface area (Å²) in [4.78, 5) is 46.4. The second-order valence-corrected chi connectivity index (χ2v) is 15.9. The number of aromatic carboxylic acids is 1. The molecule has 0 saturated heterocycles. The Kier molecular flexibility index (Phi) is 22.9. The van der Waals surface area contributed by atoms with Crippen LogP contribution in [0.15, 0.2) is 55.4 Å². The van der Waals surface area contributed by atoms with Gasteiger partial charge in [0, 0.05) is 24.6 Å². The SMILES string of the molecule is CC(=O)c1cnn2ccc(Cl)nc12.CC(=O)c1cnn2ccc(N[C@H]3CCCC[C@H]3O)nc12.Cl.N[C@H]1CCCC[C@H]1O.O.O=C(O)c1cnn2ccc(N[C@H]3CCCC[C@H]3O)nc12.[Li+].[OH-]. The summed E-state index contributed by atoms with van der Waals surface area (Å²) in [6.07, 6.45) is 20.4. The molecular formula is C41H57Cl2LiN12O9. The number of nitrogens with two attached hydrogens (primary N) is 1. The molecule has 0 unspecified atom stereocenters. The van der Waals surface area contributed by atoms with Gasteiger partial charge in [0.25, 0.3) is 0 Å². The summed E-state index contributed by atoms with van der Waals surface area (Å²) in [5.74, 6) is 0.0624. The fourth-order valence-electron chi connectivity index (χ4n) is 7.47. The number of ketones is 2. The van der Waals surface area contributed by atoms with E-state index in [1.54, 1.807) is 35.2 Å². The maximum Gasteiger partial charge on any atom is 1.00 e. The molecule has 0 radical (unpaired) electrons. The van der Waals surface area contributed by atoms with Crippen LogP contribution in [0.4, 0.5) is 11.6 Å². The van der Waals surface area contributed by atoms with Crippen molar-refractivity contribution < 1.29 is 64.6 Å². The Labute approximate surface area is 397 Å². The van der Waals surface area contributed by atoms with Crippen molar-refractivity contribution in [1.29, 1.82) is 0 Å². The third-order valence-corrected chi connectivity index (χ3v) is 11.2. The van der Waals surface area contributed by atoms with Crippen molar-refractivity contribution in [3.8, 4) is 0 Å². The molecule has 65 heavy (non-hydrogen) atoms. The van der Waals surface area contributed by atoms with E-state index in [2.05, 4.69) is 40.9 Å². The Morgan fingerprint density at radius 3 is 1.38 bits per heavy atom. The number of hydrogen-bond acceptors (Lipinski definition) is 16. The molecule has 21 nitrogen and oxygen atoms in total. The second kappa shape index (κ2) is 26.4. The molecule has 24 heteroatoms. The summed E-state index contributed by atoms with van der Waals surface area (Å²) in [5.41, 5.74) is 7.94. The molecule has 0 aliphatic heterocycles. The number of carbonyl (C=O) groups is 3. The quantitative estimate of drug-likeness (QED) is 0.0668. The standard InChI is InChI=1S/C14H18N4O2.C13H16N4O3.C8H6ClN3O.C6H13NO.ClH.Li.2H2O/c1-9(19)10-8-15-18-7-6-13(17-14(10)18)16-11-4-2-3-5-12(11)20;18-10-4-2-1-3-9(10)15-11-5-6-17-12(16-11)8(7-14-17)13(19)20;1-5(13)6-4-10-12-3-2-7(9)11-8(6)12;7-5-3-1-2-4-6(5)8;;;;/h6-8,11-12,20H,2-5H2,1H3,(H,16,17);5-7,9-10,18H,1-4H2,(H,15,16)(H,19,20);2-4H,1H3;5-6,8H,1-4,7H2;1H;;2*1H2/q;;;;;+1;;/p-1/t11-,12+;9-,10+;;5-,6+;;;;/m00.0..../s1. The molecule has 6 heterocycles. The predicted octanol–water partition coefficient (Wildman–Crippen LogP) is 1.05. The molecule has 6 aromatic rings. The molecule has 3 saturated carbocycles. The Balaban J connectivity index is 0.000000305. The van der Waals surface area contributed by atoms with Crippen molar-refractivity contribution in [2.75, 3.05) is 10.6 Å². The Bertz CT molecular complexity index is 2330. The number of aliphatic hydroxyl groups excluding tert-OH is 3. The van der Waals surface area contributed by atoms with Gasteiger partial charge in [-0.2, -0.15) is 15.3 Å². The second-order valence-electron chi connectivity index (χ2n) is 15.5. The van der Waals surface area contributed by atoms with Gasteiger partial charge >= 0.3 is 24.8 Å². The van der Waals surface area contributed by atoms with Crippen molar-refractivity contribution in [3.63, 3.8) is 0 Å². The van der Waals surface area contributed by atoms with Crippen LogP contribution in [0.5, 0.6) is 0 Å². The smallest absolute Gasteiger partial charge is 0.870 e. The molecular weight excluding hydrogens is 882 g/mol. The number of rotatable bonds is 7. The number of aromatic nitrogens is 9. The number of carbonyl (C=O) groups excluding carboxylic acids is 2. The first-order valence-corrected chi connectivity index (χ1v) is 20.9. The normalized spacial score (nSPS) is 21.1. The summed E-state index contributed by atoms with van der Waals surface area (Å²) >= 11 is 5.69. The van der Waals surface area contributed by atoms with E-state index in [9.17, 15) is 24.6 Å². The van der Waals surface area contributed by atoms with E-state index in [0.717, 1.165) is 70.6 Å². The maximum absolute atomic E-state index is 11.5. The van der Waals surface area contributed by atoms with Crippen LogP contribution < -0.4 is 35.2 Å². The van der Waals surface area contributed by atoms with Crippen LogP contribution in [-0.4, -0.2) is 129 Å². The minimum Gasteiger partial charge on any atom is -0.870 e. The Morgan fingerprint density at radius 2 is 1.00 bits per heavy atom. The number of anilines is 2. The topological polar surface area (TPSA) is 334 Å². The molecule has 0 amide bonds. The third-order valence-electron chi connectivity index (χ3n) is 11.0. The van der Waals surface area contributed by atoms with Crippen molar-refractivity contribution in [2.24, 2.45) is 5.73 Å². The van der Waals surface area contributed by atoms with Gasteiger partial charge in [0.2, 0.25) is 0 Å². The van der Waals surface area contributed by atoms with Crippen LogP contribution >= 0.6 is 24.0 Å². The first-order chi connectivity index (χ1) is 29.3. The van der Waals surface area contributed by atoms with Crippen LogP contribution in [0.1, 0.15) is 122 Å². The van der Waals surface area contributed by atoms with Crippen LogP contribution in [0.2, 0.25) is 5.15 Å². The van der Waals surface area contributed by atoms with E-state index in [-0.39, 0.29) is 95.8 Å². The zero-order chi connectivity index (χ0) is 43.6. The van der Waals surface area contributed by atoms with Gasteiger partial charge in [0.05, 0.1) is 60.1 Å². The van der Waals surface area contributed by atoms with E-state index in [0.29, 0.717) is 44.9 Å². The van der Waals surface area contributed by atoms with Crippen molar-refractivity contribution in [2.45, 2.75) is 127 Å². The summed E-state index contributed by atoms with van der Waals surface area (Å²) in [6, 6.07) is 5.21. The zero-order valence-corrected chi connectivity index (χ0v) is 38.1. The van der Waals surface area contributed by atoms with Gasteiger partial charge in [-0.15, -0.1) is 12.4 Å². The zero-order valence-electron chi connectivity index (χ0n) is 36.5. The summed E-state index contributed by atoms with van der Waals surface area (Å²) in [5, 5.41) is 56.9. The minimum absolute atomic E-state index is 0. The van der Waals surface area contributed by atoms with E-state index >= 15 is 0 Å². The summed E-state index contributed by atoms with van der Waals surface area (Å²) in [7, 11) is 0. The molecule has 0 spiro atoms. The molecule has 0 aromatic carbocycles. The maximum atomic E-state index is 11.5. The monoisotopic (exact) mass is 938 g/mol. The van der Waals surface area contributed by atoms with Crippen LogP contribution in [0.25, 0.3) is 16.9 Å². The molecule has 3 aliphatic carbocycles. The number of carboxylic acids is 1. The summed E-state index contributed by atoms with van der Waals surface area (Å²) in [6.45, 7) is 2.98. The van der Waals surface area contributed by atoms with Crippen LogP contribution in [0.3, 0.4) is 0 Å². The van der Waals surface area contributed by atoms with Crippen LogP contribution in [-0.2, 0) is 0 Å². The Morgan fingerprint density at radius 1 is 0.631 bits per heavy atom. The van der Waals surface area contributed by atoms with E-state index in [4.69, 9.17) is 27.5 Å². The Hall–Kier alpha value is -4.79. The molecule has 350 valence electrons. The predicted molar refractivity (Wildman–Crippen MR) is 240 cm³/mol. The number of nitrogens with zero attached hydrogens (tertiary/aromatic N) is 9. The van der Waals surface area contributed by atoms with E-state index in [1.165, 1.54) is 47.9 Å². The first-order valence-electron chi connectivity index (χ1n) is 20.6. The molecule has 6 aromatic heterocycles. The molecule has 0 bridgehead atoms. The number of carboxylic acid groups (broad SMARTS) is 1. The van der Waals surface area contributed by atoms with E-state index < -0.39 is 5.97 Å². The number of fused-ring (bicyclic) bond motifs is 3. The molecule has 6 atom stereocenters. The van der Waals surface area contributed by atoms with Gasteiger partial charge in [-0.25, -0.2) is 33.3 Å². The molecule has 3 fully saturated rings. The summed E-state index contributed by atoms with van der Waals surface area (Å²) < 4.78 is 4.52. The number of Topliss-reactive ketones (excluding diaryl/α,β-unsaturated/α-hetero) is 2. The number of halogens is 2. The molecule has 9 rings (SSSR count).